The highest BCUT2D eigenvalue weighted by Gasteiger charge is 2.27. The van der Waals surface area contributed by atoms with Crippen molar-refractivity contribution in [3.63, 3.8) is 0 Å². The number of halogens is 1. The van der Waals surface area contributed by atoms with E-state index in [1.165, 1.54) is 11.8 Å². The van der Waals surface area contributed by atoms with E-state index in [-0.39, 0.29) is 11.8 Å². The maximum Gasteiger partial charge on any atom is 0.242 e. The highest BCUT2D eigenvalue weighted by atomic mass is 35.5. The molecule has 2 aromatic carbocycles. The molecule has 2 amide bonds. The molecule has 0 aliphatic carbocycles. The SMILES string of the molecule is CC[C@@H](C(=O)NC)N(CCc1ccccc1)C(=O)CSCc1cccc(Cl)c1. The Balaban J connectivity index is 2.01. The molecule has 0 radical (unpaired) electrons. The Morgan fingerprint density at radius 3 is 2.46 bits per heavy atom. The number of amides is 2. The molecule has 4 nitrogen and oxygen atoms in total. The summed E-state index contributed by atoms with van der Waals surface area (Å²) >= 11 is 7.56. The lowest BCUT2D eigenvalue weighted by Crippen LogP contribution is -2.50. The number of nitrogens with one attached hydrogen (secondary N) is 1. The van der Waals surface area contributed by atoms with Crippen LogP contribution in [0.1, 0.15) is 24.5 Å². The van der Waals surface area contributed by atoms with Crippen LogP contribution in [0, 0.1) is 0 Å². The lowest BCUT2D eigenvalue weighted by atomic mass is 10.1. The van der Waals surface area contributed by atoms with Gasteiger partial charge in [0.15, 0.2) is 0 Å². The van der Waals surface area contributed by atoms with Crippen molar-refractivity contribution < 1.29 is 9.59 Å². The quantitative estimate of drug-likeness (QED) is 0.630. The van der Waals surface area contributed by atoms with Gasteiger partial charge in [-0.25, -0.2) is 0 Å². The highest BCUT2D eigenvalue weighted by molar-refractivity contribution is 7.99. The van der Waals surface area contributed by atoms with Crippen molar-refractivity contribution in [3.8, 4) is 0 Å². The molecule has 6 heteroatoms. The van der Waals surface area contributed by atoms with Crippen LogP contribution in [-0.4, -0.2) is 42.1 Å². The van der Waals surface area contributed by atoms with Gasteiger partial charge in [0.2, 0.25) is 11.8 Å². The van der Waals surface area contributed by atoms with Crippen LogP contribution in [-0.2, 0) is 21.8 Å². The van der Waals surface area contributed by atoms with Gasteiger partial charge in [0.25, 0.3) is 0 Å². The molecule has 2 aromatic rings. The van der Waals surface area contributed by atoms with Gasteiger partial charge >= 0.3 is 0 Å². The number of hydrogen-bond acceptors (Lipinski definition) is 3. The van der Waals surface area contributed by atoms with Crippen molar-refractivity contribution in [2.75, 3.05) is 19.3 Å². The number of carbonyl (C=O) groups is 2. The van der Waals surface area contributed by atoms with E-state index in [9.17, 15) is 9.59 Å². The van der Waals surface area contributed by atoms with E-state index >= 15 is 0 Å². The van der Waals surface area contributed by atoms with Crippen LogP contribution in [0.5, 0.6) is 0 Å². The zero-order valence-corrected chi connectivity index (χ0v) is 17.9. The largest absolute Gasteiger partial charge is 0.357 e. The third kappa shape index (κ3) is 6.88. The Kier molecular flexibility index (Phi) is 9.38. The van der Waals surface area contributed by atoms with E-state index in [0.717, 1.165) is 17.5 Å². The van der Waals surface area contributed by atoms with Gasteiger partial charge in [-0.15, -0.1) is 11.8 Å². The highest BCUT2D eigenvalue weighted by Crippen LogP contribution is 2.18. The molecular weight excluding hydrogens is 392 g/mol. The van der Waals surface area contributed by atoms with Crippen LogP contribution >= 0.6 is 23.4 Å². The van der Waals surface area contributed by atoms with Crippen molar-refractivity contribution in [2.45, 2.75) is 31.6 Å². The van der Waals surface area contributed by atoms with E-state index < -0.39 is 6.04 Å². The van der Waals surface area contributed by atoms with E-state index in [4.69, 9.17) is 11.6 Å². The summed E-state index contributed by atoms with van der Waals surface area (Å²) in [4.78, 5) is 27.0. The molecule has 1 N–H and O–H groups in total. The standard InChI is InChI=1S/C22H27ClN2O2S/c1-3-20(22(27)24-2)25(13-12-17-8-5-4-6-9-17)21(26)16-28-15-18-10-7-11-19(23)14-18/h4-11,14,20H,3,12-13,15-16H2,1-2H3,(H,24,27)/t20-/m0/s1. The minimum Gasteiger partial charge on any atom is -0.357 e. The van der Waals surface area contributed by atoms with Gasteiger partial charge in [-0.05, 0) is 36.1 Å². The summed E-state index contributed by atoms with van der Waals surface area (Å²) in [6, 6.07) is 17.2. The molecule has 0 heterocycles. The third-order valence-corrected chi connectivity index (χ3v) is 5.72. The van der Waals surface area contributed by atoms with Crippen LogP contribution in [0.15, 0.2) is 54.6 Å². The Morgan fingerprint density at radius 1 is 1.11 bits per heavy atom. The smallest absolute Gasteiger partial charge is 0.242 e. The number of likely N-dealkylation sites (N-methyl/N-ethyl adjacent to an activating group) is 1. The lowest BCUT2D eigenvalue weighted by molar-refractivity contribution is -0.138. The van der Waals surface area contributed by atoms with Crippen LogP contribution in [0.25, 0.3) is 0 Å². The van der Waals surface area contributed by atoms with E-state index in [2.05, 4.69) is 5.32 Å². The zero-order chi connectivity index (χ0) is 20.4. The third-order valence-electron chi connectivity index (χ3n) is 4.50. The van der Waals surface area contributed by atoms with E-state index in [0.29, 0.717) is 29.5 Å². The topological polar surface area (TPSA) is 49.4 Å². The van der Waals surface area contributed by atoms with Gasteiger partial charge in [-0.1, -0.05) is 61.0 Å². The summed E-state index contributed by atoms with van der Waals surface area (Å²) in [5, 5.41) is 3.38. The Morgan fingerprint density at radius 2 is 1.82 bits per heavy atom. The first-order valence-corrected chi connectivity index (χ1v) is 11.0. The second kappa shape index (κ2) is 11.8. The molecule has 0 saturated carbocycles. The number of rotatable bonds is 10. The predicted octanol–water partition coefficient (Wildman–Crippen LogP) is 4.17. The fraction of sp³-hybridized carbons (Fsp3) is 0.364. The first kappa shape index (κ1) is 22.3. The molecule has 0 aliphatic rings. The van der Waals surface area contributed by atoms with Gasteiger partial charge in [0.05, 0.1) is 5.75 Å². The summed E-state index contributed by atoms with van der Waals surface area (Å²) in [5.41, 5.74) is 2.23. The van der Waals surface area contributed by atoms with Crippen molar-refractivity contribution in [3.05, 3.63) is 70.7 Å². The van der Waals surface area contributed by atoms with Gasteiger partial charge in [0, 0.05) is 24.4 Å². The monoisotopic (exact) mass is 418 g/mol. The van der Waals surface area contributed by atoms with Crippen molar-refractivity contribution in [2.24, 2.45) is 0 Å². The molecule has 0 aliphatic heterocycles. The number of hydrogen-bond donors (Lipinski definition) is 1. The first-order chi connectivity index (χ1) is 13.5. The normalized spacial score (nSPS) is 11.7. The van der Waals surface area contributed by atoms with Crippen LogP contribution in [0.2, 0.25) is 5.02 Å². The molecule has 0 fully saturated rings. The molecule has 150 valence electrons. The van der Waals surface area contributed by atoms with Gasteiger partial charge in [-0.2, -0.15) is 0 Å². The molecule has 0 bridgehead atoms. The van der Waals surface area contributed by atoms with E-state index in [1.807, 2.05) is 61.5 Å². The van der Waals surface area contributed by atoms with Gasteiger partial charge < -0.3 is 10.2 Å². The van der Waals surface area contributed by atoms with Crippen LogP contribution in [0.4, 0.5) is 0 Å². The minimum atomic E-state index is -0.451. The summed E-state index contributed by atoms with van der Waals surface area (Å²) in [6.07, 6.45) is 1.30. The molecule has 0 aromatic heterocycles. The van der Waals surface area contributed by atoms with Crippen molar-refractivity contribution in [1.82, 2.24) is 10.2 Å². The first-order valence-electron chi connectivity index (χ1n) is 9.42. The molecule has 0 spiro atoms. The Labute approximate surface area is 176 Å². The number of nitrogens with zero attached hydrogens (tertiary/aromatic N) is 1. The average molecular weight is 419 g/mol. The number of thioether (sulfide) groups is 1. The summed E-state index contributed by atoms with van der Waals surface area (Å²) in [5.74, 6) is 0.895. The van der Waals surface area contributed by atoms with E-state index in [1.54, 1.807) is 11.9 Å². The number of carbonyl (C=O) groups excluding carboxylic acids is 2. The Bertz CT molecular complexity index is 770. The number of benzene rings is 2. The molecule has 2 rings (SSSR count). The maximum absolute atomic E-state index is 12.9. The fourth-order valence-electron chi connectivity index (χ4n) is 3.03. The van der Waals surface area contributed by atoms with Crippen molar-refractivity contribution in [1.29, 1.82) is 0 Å². The lowest BCUT2D eigenvalue weighted by Gasteiger charge is -2.30. The minimum absolute atomic E-state index is 0.0154. The van der Waals surface area contributed by atoms with Gasteiger partial charge in [-0.3, -0.25) is 9.59 Å². The fourth-order valence-corrected chi connectivity index (χ4v) is 4.10. The van der Waals surface area contributed by atoms with Crippen LogP contribution in [0.3, 0.4) is 0 Å². The van der Waals surface area contributed by atoms with Crippen LogP contribution < -0.4 is 5.32 Å². The van der Waals surface area contributed by atoms with Gasteiger partial charge in [0.1, 0.15) is 6.04 Å². The summed E-state index contributed by atoms with van der Waals surface area (Å²) < 4.78 is 0. The van der Waals surface area contributed by atoms with Crippen molar-refractivity contribution >= 4 is 35.2 Å². The zero-order valence-electron chi connectivity index (χ0n) is 16.4. The molecule has 28 heavy (non-hydrogen) atoms. The predicted molar refractivity (Wildman–Crippen MR) is 118 cm³/mol. The maximum atomic E-state index is 12.9. The molecule has 0 unspecified atom stereocenters. The second-order valence-electron chi connectivity index (χ2n) is 6.48. The summed E-state index contributed by atoms with van der Waals surface area (Å²) in [7, 11) is 1.61. The molecular formula is C22H27ClN2O2S. The molecule has 0 saturated heterocycles. The Hall–Kier alpha value is -1.98. The molecule has 1 atom stereocenters. The summed E-state index contributed by atoms with van der Waals surface area (Å²) in [6.45, 7) is 2.45. The second-order valence-corrected chi connectivity index (χ2v) is 7.91. The average Bonchev–Trinajstić information content (AvgIpc) is 2.71.